The van der Waals surface area contributed by atoms with Gasteiger partial charge in [0.1, 0.15) is 0 Å². The SMILES string of the molecule is C.C.CC.CC(C)=CC(C)(c1cc(C)ccc1C)C1CC1C.CC(C)C.Cc1ccc2c(c1)CCC2C. The van der Waals surface area contributed by atoms with Gasteiger partial charge in [0.05, 0.1) is 0 Å². The molecule has 1 fully saturated rings. The third kappa shape index (κ3) is 11.2. The van der Waals surface area contributed by atoms with Crippen LogP contribution in [0.2, 0.25) is 0 Å². The Morgan fingerprint density at radius 1 is 0.892 bits per heavy atom. The Labute approximate surface area is 234 Å². The molecule has 4 rings (SSSR count). The van der Waals surface area contributed by atoms with Crippen LogP contribution in [0, 0.1) is 38.5 Å². The monoisotopic (exact) mass is 509 g/mol. The Morgan fingerprint density at radius 2 is 1.38 bits per heavy atom. The first-order valence-corrected chi connectivity index (χ1v) is 14.2. The smallest absolute Gasteiger partial charge is 0.0140 e. The highest BCUT2D eigenvalue weighted by atomic mass is 14.5. The van der Waals surface area contributed by atoms with Crippen molar-refractivity contribution in [1.82, 2.24) is 0 Å². The minimum Gasteiger partial charge on any atom is -0.0795 e. The van der Waals surface area contributed by atoms with E-state index in [4.69, 9.17) is 0 Å². The fraction of sp³-hybridized carbons (Fsp3) is 0.622. The number of rotatable bonds is 3. The summed E-state index contributed by atoms with van der Waals surface area (Å²) in [6.07, 6.45) is 6.49. The number of hydrogen-bond acceptors (Lipinski definition) is 0. The lowest BCUT2D eigenvalue weighted by atomic mass is 9.74. The molecule has 4 unspecified atom stereocenters. The van der Waals surface area contributed by atoms with E-state index in [2.05, 4.69) is 119 Å². The van der Waals surface area contributed by atoms with E-state index < -0.39 is 0 Å². The molecule has 0 heterocycles. The summed E-state index contributed by atoms with van der Waals surface area (Å²) >= 11 is 0. The van der Waals surface area contributed by atoms with Crippen LogP contribution in [0.1, 0.15) is 136 Å². The molecular formula is C37H64. The maximum absolute atomic E-state index is 2.49. The van der Waals surface area contributed by atoms with Crippen LogP contribution in [0.5, 0.6) is 0 Å². The second kappa shape index (κ2) is 16.9. The summed E-state index contributed by atoms with van der Waals surface area (Å²) in [5.41, 5.74) is 10.5. The van der Waals surface area contributed by atoms with Crippen molar-refractivity contribution in [3.8, 4) is 0 Å². The number of fused-ring (bicyclic) bond motifs is 1. The molecular weight excluding hydrogens is 444 g/mol. The quantitative estimate of drug-likeness (QED) is 0.362. The van der Waals surface area contributed by atoms with E-state index in [1.54, 1.807) is 11.1 Å². The second-order valence-corrected chi connectivity index (χ2v) is 12.0. The van der Waals surface area contributed by atoms with Crippen LogP contribution in [0.4, 0.5) is 0 Å². The van der Waals surface area contributed by atoms with Crippen molar-refractivity contribution in [2.75, 3.05) is 0 Å². The topological polar surface area (TPSA) is 0 Å². The van der Waals surface area contributed by atoms with Gasteiger partial charge < -0.3 is 0 Å². The molecule has 0 spiro atoms. The predicted molar refractivity (Wildman–Crippen MR) is 173 cm³/mol. The second-order valence-electron chi connectivity index (χ2n) is 12.0. The van der Waals surface area contributed by atoms with Crippen LogP contribution in [-0.2, 0) is 11.8 Å². The summed E-state index contributed by atoms with van der Waals surface area (Å²) in [4.78, 5) is 0. The normalized spacial score (nSPS) is 20.0. The van der Waals surface area contributed by atoms with E-state index in [1.165, 1.54) is 47.1 Å². The fourth-order valence-corrected chi connectivity index (χ4v) is 5.42. The first kappa shape index (κ1) is 37.3. The van der Waals surface area contributed by atoms with Crippen molar-refractivity contribution in [3.05, 3.63) is 81.4 Å². The van der Waals surface area contributed by atoms with Crippen molar-refractivity contribution in [2.45, 2.75) is 135 Å². The molecule has 0 N–H and O–H groups in total. The van der Waals surface area contributed by atoms with Crippen LogP contribution in [-0.4, -0.2) is 0 Å². The summed E-state index contributed by atoms with van der Waals surface area (Å²) in [6, 6.07) is 13.7. The summed E-state index contributed by atoms with van der Waals surface area (Å²) in [5, 5.41) is 0. The Morgan fingerprint density at radius 3 is 1.86 bits per heavy atom. The van der Waals surface area contributed by atoms with Gasteiger partial charge >= 0.3 is 0 Å². The van der Waals surface area contributed by atoms with Crippen molar-refractivity contribution in [1.29, 1.82) is 0 Å². The zero-order valence-electron chi connectivity index (χ0n) is 25.5. The van der Waals surface area contributed by atoms with E-state index in [1.807, 2.05) is 13.8 Å². The molecule has 4 atom stereocenters. The summed E-state index contributed by atoms with van der Waals surface area (Å²) in [5.74, 6) is 3.31. The van der Waals surface area contributed by atoms with Gasteiger partial charge in [0.2, 0.25) is 0 Å². The van der Waals surface area contributed by atoms with E-state index in [0.29, 0.717) is 0 Å². The summed E-state index contributed by atoms with van der Waals surface area (Å²) in [6.45, 7) is 28.7. The zero-order chi connectivity index (χ0) is 26.9. The van der Waals surface area contributed by atoms with Gasteiger partial charge in [-0.3, -0.25) is 0 Å². The molecule has 0 saturated heterocycles. The number of allylic oxidation sites excluding steroid dienone is 2. The van der Waals surface area contributed by atoms with Gasteiger partial charge in [0, 0.05) is 5.41 Å². The van der Waals surface area contributed by atoms with Crippen LogP contribution in [0.25, 0.3) is 0 Å². The van der Waals surface area contributed by atoms with Gasteiger partial charge in [-0.15, -0.1) is 0 Å². The molecule has 1 saturated carbocycles. The Balaban J connectivity index is 0. The molecule has 2 aliphatic carbocycles. The lowest BCUT2D eigenvalue weighted by Crippen LogP contribution is -2.24. The van der Waals surface area contributed by atoms with Crippen LogP contribution in [0.15, 0.2) is 48.0 Å². The van der Waals surface area contributed by atoms with Gasteiger partial charge in [0.25, 0.3) is 0 Å². The first-order valence-electron chi connectivity index (χ1n) is 14.2. The maximum Gasteiger partial charge on any atom is 0.0140 e. The highest BCUT2D eigenvalue weighted by molar-refractivity contribution is 5.42. The predicted octanol–water partition coefficient (Wildman–Crippen LogP) is 12.2. The number of benzene rings is 2. The Kier molecular flexibility index (Phi) is 17.1. The average Bonchev–Trinajstić information content (AvgIpc) is 3.42. The third-order valence-electron chi connectivity index (χ3n) is 7.12. The Bertz CT molecular complexity index is 938. The number of hydrogen-bond donors (Lipinski definition) is 0. The Hall–Kier alpha value is -1.82. The van der Waals surface area contributed by atoms with E-state index in [9.17, 15) is 0 Å². The van der Waals surface area contributed by atoms with Crippen molar-refractivity contribution in [2.24, 2.45) is 17.8 Å². The molecule has 37 heavy (non-hydrogen) atoms. The standard InChI is InChI=1S/C18H26.C11H14.C4H10.C2H6.2CH4/c1-12(2)11-18(6,17-10-15(17)5)16-9-13(3)7-8-14(16)4;1-8-3-6-11-9(2)4-5-10(11)7-8;1-4(2)3;1-2;;/h7-9,11,15,17H,10H2,1-6H3;3,6-7,9H,4-5H2,1-2H3;4H,1-3H3;1-2H3;2*1H4. The van der Waals surface area contributed by atoms with Gasteiger partial charge in [-0.1, -0.05) is 129 Å². The van der Waals surface area contributed by atoms with Crippen molar-refractivity contribution < 1.29 is 0 Å². The van der Waals surface area contributed by atoms with Gasteiger partial charge in [-0.05, 0) is 99.8 Å². The van der Waals surface area contributed by atoms with Crippen LogP contribution in [0.3, 0.4) is 0 Å². The highest BCUT2D eigenvalue weighted by Crippen LogP contribution is 2.53. The van der Waals surface area contributed by atoms with E-state index in [-0.39, 0.29) is 20.3 Å². The molecule has 0 bridgehead atoms. The van der Waals surface area contributed by atoms with Crippen molar-refractivity contribution >= 4 is 0 Å². The fourth-order valence-electron chi connectivity index (χ4n) is 5.42. The van der Waals surface area contributed by atoms with Crippen LogP contribution < -0.4 is 0 Å². The molecule has 2 aromatic rings. The molecule has 0 radical (unpaired) electrons. The maximum atomic E-state index is 2.49. The third-order valence-corrected chi connectivity index (χ3v) is 7.12. The molecule has 2 aromatic carbocycles. The van der Waals surface area contributed by atoms with Crippen molar-refractivity contribution in [3.63, 3.8) is 0 Å². The lowest BCUT2D eigenvalue weighted by molar-refractivity contribution is 0.481. The minimum atomic E-state index is 0. The van der Waals surface area contributed by atoms with Crippen LogP contribution >= 0.6 is 0 Å². The molecule has 0 aromatic heterocycles. The molecule has 0 aliphatic heterocycles. The molecule has 0 amide bonds. The summed E-state index contributed by atoms with van der Waals surface area (Å²) < 4.78 is 0. The first-order chi connectivity index (χ1) is 16.3. The lowest BCUT2D eigenvalue weighted by Gasteiger charge is -2.30. The zero-order valence-corrected chi connectivity index (χ0v) is 25.5. The molecule has 2 aliphatic rings. The number of aryl methyl sites for hydroxylation is 4. The molecule has 0 heteroatoms. The van der Waals surface area contributed by atoms with Gasteiger partial charge in [0.15, 0.2) is 0 Å². The molecule has 212 valence electrons. The van der Waals surface area contributed by atoms with Gasteiger partial charge in [-0.2, -0.15) is 0 Å². The van der Waals surface area contributed by atoms with E-state index >= 15 is 0 Å². The summed E-state index contributed by atoms with van der Waals surface area (Å²) in [7, 11) is 0. The minimum absolute atomic E-state index is 0. The average molecular weight is 509 g/mol. The molecule has 0 nitrogen and oxygen atoms in total. The highest BCUT2D eigenvalue weighted by Gasteiger charge is 2.47. The van der Waals surface area contributed by atoms with Gasteiger partial charge in [-0.25, -0.2) is 0 Å². The largest absolute Gasteiger partial charge is 0.0795 e. The van der Waals surface area contributed by atoms with E-state index in [0.717, 1.165) is 23.7 Å².